The van der Waals surface area contributed by atoms with Crippen LogP contribution in [0.5, 0.6) is 0 Å². The van der Waals surface area contributed by atoms with Crippen molar-refractivity contribution in [2.24, 2.45) is 0 Å². The lowest BCUT2D eigenvalue weighted by molar-refractivity contribution is -0.133. The normalized spacial score (nSPS) is 16.3. The van der Waals surface area contributed by atoms with Gasteiger partial charge in [-0.3, -0.25) is 14.2 Å². The highest BCUT2D eigenvalue weighted by molar-refractivity contribution is 7.99. The number of aryl methyl sites for hydroxylation is 2. The van der Waals surface area contributed by atoms with Crippen LogP contribution in [0.1, 0.15) is 41.7 Å². The number of hydrogen-bond acceptors (Lipinski definition) is 6. The van der Waals surface area contributed by atoms with Gasteiger partial charge in [-0.25, -0.2) is 0 Å². The predicted molar refractivity (Wildman–Crippen MR) is 127 cm³/mol. The van der Waals surface area contributed by atoms with Crippen molar-refractivity contribution in [3.63, 3.8) is 0 Å². The number of benzene rings is 1. The van der Waals surface area contributed by atoms with Gasteiger partial charge in [0, 0.05) is 37.8 Å². The Bertz CT molecular complexity index is 1110. The zero-order chi connectivity index (χ0) is 23.4. The minimum atomic E-state index is -0.121. The number of carbonyl (C=O) groups is 2. The second-order valence-corrected chi connectivity index (χ2v) is 9.33. The van der Waals surface area contributed by atoms with E-state index in [0.29, 0.717) is 31.8 Å². The Morgan fingerprint density at radius 3 is 2.67 bits per heavy atom. The number of thioether (sulfide) groups is 1. The van der Waals surface area contributed by atoms with Crippen molar-refractivity contribution in [3.8, 4) is 5.69 Å². The molecule has 2 amide bonds. The molecule has 0 N–H and O–H groups in total. The minimum absolute atomic E-state index is 0.0506. The Hall–Kier alpha value is -3.07. The van der Waals surface area contributed by atoms with Crippen molar-refractivity contribution in [1.29, 1.82) is 0 Å². The molecule has 9 heteroatoms. The molecule has 3 heterocycles. The highest BCUT2D eigenvalue weighted by atomic mass is 32.2. The Morgan fingerprint density at radius 1 is 1.12 bits per heavy atom. The molecule has 1 unspecified atom stereocenters. The molecule has 2 aromatic heterocycles. The molecular weight excluding hydrogens is 438 g/mol. The van der Waals surface area contributed by atoms with Gasteiger partial charge in [0.2, 0.25) is 5.91 Å². The molecule has 0 spiro atoms. The van der Waals surface area contributed by atoms with E-state index in [1.165, 1.54) is 6.26 Å². The zero-order valence-electron chi connectivity index (χ0n) is 19.2. The molecule has 0 bridgehead atoms. The average Bonchev–Trinajstić information content (AvgIpc) is 3.47. The second-order valence-electron chi connectivity index (χ2n) is 8.27. The van der Waals surface area contributed by atoms with E-state index in [1.54, 1.807) is 28.8 Å². The van der Waals surface area contributed by atoms with Crippen LogP contribution in [-0.2, 0) is 4.79 Å². The molecule has 0 saturated carbocycles. The van der Waals surface area contributed by atoms with Gasteiger partial charge in [-0.2, -0.15) is 0 Å². The first-order chi connectivity index (χ1) is 16.0. The zero-order valence-corrected chi connectivity index (χ0v) is 20.0. The van der Waals surface area contributed by atoms with Crippen molar-refractivity contribution in [1.82, 2.24) is 24.6 Å². The molecule has 1 saturated heterocycles. The number of hydrogen-bond donors (Lipinski definition) is 0. The molecule has 1 aliphatic heterocycles. The van der Waals surface area contributed by atoms with Crippen LogP contribution in [0.2, 0.25) is 0 Å². The number of aromatic nitrogens is 3. The molecule has 1 fully saturated rings. The summed E-state index contributed by atoms with van der Waals surface area (Å²) >= 11 is 1.62. The van der Waals surface area contributed by atoms with E-state index in [1.807, 2.05) is 30.9 Å². The summed E-state index contributed by atoms with van der Waals surface area (Å²) in [6, 6.07) is 11.5. The van der Waals surface area contributed by atoms with Crippen molar-refractivity contribution in [2.45, 2.75) is 44.8 Å². The molecule has 1 aromatic carbocycles. The van der Waals surface area contributed by atoms with Gasteiger partial charge in [0.05, 0.1) is 12.0 Å². The first-order valence-corrected chi connectivity index (χ1v) is 12.2. The van der Waals surface area contributed by atoms with Crippen molar-refractivity contribution in [2.75, 3.05) is 25.4 Å². The van der Waals surface area contributed by atoms with E-state index in [0.717, 1.165) is 34.4 Å². The van der Waals surface area contributed by atoms with Gasteiger partial charge in [0.1, 0.15) is 5.82 Å². The highest BCUT2D eigenvalue weighted by Gasteiger charge is 2.31. The van der Waals surface area contributed by atoms with Crippen LogP contribution in [0.3, 0.4) is 0 Å². The number of rotatable bonds is 7. The van der Waals surface area contributed by atoms with Crippen LogP contribution >= 0.6 is 11.8 Å². The van der Waals surface area contributed by atoms with Crippen LogP contribution in [0, 0.1) is 13.8 Å². The molecule has 1 atom stereocenters. The van der Waals surface area contributed by atoms with Crippen LogP contribution in [0.4, 0.5) is 0 Å². The summed E-state index contributed by atoms with van der Waals surface area (Å²) in [5.74, 6) is 1.97. The van der Waals surface area contributed by atoms with Crippen LogP contribution in [0.15, 0.2) is 52.2 Å². The summed E-state index contributed by atoms with van der Waals surface area (Å²) in [6.45, 7) is 7.59. The average molecular weight is 468 g/mol. The van der Waals surface area contributed by atoms with E-state index >= 15 is 0 Å². The van der Waals surface area contributed by atoms with Crippen molar-refractivity contribution < 1.29 is 14.0 Å². The maximum Gasteiger partial charge on any atom is 0.289 e. The number of piperazine rings is 1. The molecule has 8 nitrogen and oxygen atoms in total. The van der Waals surface area contributed by atoms with Gasteiger partial charge in [-0.1, -0.05) is 30.0 Å². The summed E-state index contributed by atoms with van der Waals surface area (Å²) in [6.07, 6.45) is 2.73. The summed E-state index contributed by atoms with van der Waals surface area (Å²) in [5.41, 5.74) is 2.24. The summed E-state index contributed by atoms with van der Waals surface area (Å²) in [7, 11) is 0. The molecule has 1 aliphatic rings. The van der Waals surface area contributed by atoms with E-state index < -0.39 is 0 Å². The third-order valence-electron chi connectivity index (χ3n) is 5.89. The number of para-hydroxylation sites is 1. The van der Waals surface area contributed by atoms with Gasteiger partial charge in [0.15, 0.2) is 10.9 Å². The lowest BCUT2D eigenvalue weighted by Crippen LogP contribution is -2.55. The number of nitrogens with zero attached hydrogens (tertiary/aromatic N) is 5. The van der Waals surface area contributed by atoms with E-state index in [2.05, 4.69) is 33.8 Å². The number of amides is 2. The maximum atomic E-state index is 12.8. The molecule has 4 rings (SSSR count). The first-order valence-electron chi connectivity index (χ1n) is 11.2. The standard InChI is InChI=1S/C24H29N5O3S/c1-17-8-4-5-9-20(17)29-19(3)25-26-24(29)33-15-7-11-22(30)27-12-13-28(18(2)16-27)23(31)21-10-6-14-32-21/h4-6,8-10,14,18H,7,11-13,15-16H2,1-3H3. The van der Waals surface area contributed by atoms with Gasteiger partial charge in [0.25, 0.3) is 5.91 Å². The molecule has 0 radical (unpaired) electrons. The monoisotopic (exact) mass is 467 g/mol. The van der Waals surface area contributed by atoms with E-state index in [9.17, 15) is 9.59 Å². The van der Waals surface area contributed by atoms with Gasteiger partial charge in [-0.15, -0.1) is 10.2 Å². The Morgan fingerprint density at radius 2 is 1.94 bits per heavy atom. The van der Waals surface area contributed by atoms with Gasteiger partial charge < -0.3 is 14.2 Å². The quantitative estimate of drug-likeness (QED) is 0.389. The lowest BCUT2D eigenvalue weighted by atomic mass is 10.1. The fraction of sp³-hybridized carbons (Fsp3) is 0.417. The minimum Gasteiger partial charge on any atom is -0.459 e. The fourth-order valence-corrected chi connectivity index (χ4v) is 5.03. The van der Waals surface area contributed by atoms with E-state index in [4.69, 9.17) is 4.42 Å². The fourth-order valence-electron chi connectivity index (χ4n) is 4.10. The summed E-state index contributed by atoms with van der Waals surface area (Å²) < 4.78 is 7.30. The SMILES string of the molecule is Cc1ccccc1-n1c(C)nnc1SCCCC(=O)N1CCN(C(=O)c2ccco2)C(C)C1. The molecule has 174 valence electrons. The van der Waals surface area contributed by atoms with Crippen LogP contribution < -0.4 is 0 Å². The molecule has 3 aromatic rings. The van der Waals surface area contributed by atoms with E-state index in [-0.39, 0.29) is 17.9 Å². The van der Waals surface area contributed by atoms with Crippen LogP contribution in [0.25, 0.3) is 5.69 Å². The summed E-state index contributed by atoms with van der Waals surface area (Å²) in [4.78, 5) is 29.0. The Kier molecular flexibility index (Phi) is 7.17. The summed E-state index contributed by atoms with van der Waals surface area (Å²) in [5, 5.41) is 9.42. The Balaban J connectivity index is 1.26. The van der Waals surface area contributed by atoms with Crippen molar-refractivity contribution in [3.05, 3.63) is 59.8 Å². The topological polar surface area (TPSA) is 84.5 Å². The largest absolute Gasteiger partial charge is 0.459 e. The maximum absolute atomic E-state index is 12.8. The smallest absolute Gasteiger partial charge is 0.289 e. The van der Waals surface area contributed by atoms with Crippen molar-refractivity contribution >= 4 is 23.6 Å². The third kappa shape index (κ3) is 5.13. The molecule has 33 heavy (non-hydrogen) atoms. The molecular formula is C24H29N5O3S. The van der Waals surface area contributed by atoms with Crippen LogP contribution in [-0.4, -0.2) is 67.8 Å². The van der Waals surface area contributed by atoms with Gasteiger partial charge in [-0.05, 0) is 51.0 Å². The second kappa shape index (κ2) is 10.2. The third-order valence-corrected chi connectivity index (χ3v) is 6.91. The van der Waals surface area contributed by atoms with Gasteiger partial charge >= 0.3 is 0 Å². The number of carbonyl (C=O) groups excluding carboxylic acids is 2. The predicted octanol–water partition coefficient (Wildman–Crippen LogP) is 3.72. The Labute approximate surface area is 198 Å². The molecule has 0 aliphatic carbocycles. The number of furan rings is 1. The lowest BCUT2D eigenvalue weighted by Gasteiger charge is -2.39. The highest BCUT2D eigenvalue weighted by Crippen LogP contribution is 2.25. The first kappa shape index (κ1) is 23.1.